The summed E-state index contributed by atoms with van der Waals surface area (Å²) in [6.45, 7) is 1.72. The van der Waals surface area contributed by atoms with E-state index >= 15 is 0 Å². The fourth-order valence-corrected chi connectivity index (χ4v) is 2.64. The van der Waals surface area contributed by atoms with E-state index in [1.807, 2.05) is 24.3 Å². The molecule has 0 radical (unpaired) electrons. The number of carbonyl (C=O) groups is 1. The monoisotopic (exact) mass is 376 g/mol. The van der Waals surface area contributed by atoms with Crippen molar-refractivity contribution in [3.8, 4) is 23.1 Å². The van der Waals surface area contributed by atoms with Crippen molar-refractivity contribution in [1.82, 2.24) is 24.6 Å². The minimum atomic E-state index is -0.663. The van der Waals surface area contributed by atoms with Gasteiger partial charge in [0.05, 0.1) is 24.5 Å². The Hall–Kier alpha value is -4.01. The predicted molar refractivity (Wildman–Crippen MR) is 102 cm³/mol. The van der Waals surface area contributed by atoms with Crippen LogP contribution < -0.4 is 14.9 Å². The second-order valence-corrected chi connectivity index (χ2v) is 5.83. The van der Waals surface area contributed by atoms with Crippen LogP contribution in [0.4, 0.5) is 4.79 Å². The first kappa shape index (κ1) is 17.4. The summed E-state index contributed by atoms with van der Waals surface area (Å²) < 4.78 is 12.1. The molecule has 0 fully saturated rings. The number of ether oxygens (including phenoxy) is 2. The number of hydrogen-bond donors (Lipinski definition) is 1. The van der Waals surface area contributed by atoms with Gasteiger partial charge in [0.15, 0.2) is 17.4 Å². The van der Waals surface area contributed by atoms with Crippen molar-refractivity contribution in [2.24, 2.45) is 0 Å². The summed E-state index contributed by atoms with van der Waals surface area (Å²) in [5.74, 6) is 1.74. The SMILES string of the molecule is COc1ccc2c(ccn2NC(=O)Oc2cnc(-c3ncccn3)nc2C)c1. The second kappa shape index (κ2) is 7.31. The minimum Gasteiger partial charge on any atom is -0.497 e. The van der Waals surface area contributed by atoms with Crippen molar-refractivity contribution in [1.29, 1.82) is 0 Å². The fraction of sp³-hybridized carbons (Fsp3) is 0.105. The average molecular weight is 376 g/mol. The van der Waals surface area contributed by atoms with Crippen molar-refractivity contribution < 1.29 is 14.3 Å². The molecule has 4 rings (SSSR count). The highest BCUT2D eigenvalue weighted by Crippen LogP contribution is 2.21. The van der Waals surface area contributed by atoms with Crippen LogP contribution in [-0.2, 0) is 0 Å². The Morgan fingerprint density at radius 3 is 2.68 bits per heavy atom. The molecule has 3 heterocycles. The molecule has 0 aliphatic rings. The Morgan fingerprint density at radius 1 is 1.11 bits per heavy atom. The molecule has 0 unspecified atom stereocenters. The zero-order valence-corrected chi connectivity index (χ0v) is 15.2. The largest absolute Gasteiger partial charge is 0.497 e. The third kappa shape index (κ3) is 3.45. The number of rotatable bonds is 4. The maximum atomic E-state index is 12.3. The first-order valence-corrected chi connectivity index (χ1v) is 8.39. The zero-order chi connectivity index (χ0) is 19.5. The number of nitrogens with zero attached hydrogens (tertiary/aromatic N) is 5. The van der Waals surface area contributed by atoms with Crippen LogP contribution >= 0.6 is 0 Å². The molecule has 1 amide bonds. The van der Waals surface area contributed by atoms with Gasteiger partial charge in [0, 0.05) is 24.0 Å². The van der Waals surface area contributed by atoms with Gasteiger partial charge in [0.1, 0.15) is 5.75 Å². The third-order valence-corrected chi connectivity index (χ3v) is 4.01. The van der Waals surface area contributed by atoms with E-state index in [0.29, 0.717) is 17.3 Å². The summed E-state index contributed by atoms with van der Waals surface area (Å²) in [5.41, 5.74) is 3.96. The first-order valence-electron chi connectivity index (χ1n) is 8.39. The molecule has 140 valence electrons. The molecule has 4 aromatic rings. The van der Waals surface area contributed by atoms with Crippen LogP contribution in [0.15, 0.2) is 55.1 Å². The van der Waals surface area contributed by atoms with Gasteiger partial charge in [0.25, 0.3) is 0 Å². The van der Waals surface area contributed by atoms with Crippen LogP contribution in [-0.4, -0.2) is 37.8 Å². The normalized spacial score (nSPS) is 10.6. The van der Waals surface area contributed by atoms with Crippen LogP contribution in [0.3, 0.4) is 0 Å². The van der Waals surface area contributed by atoms with Crippen molar-refractivity contribution in [3.63, 3.8) is 0 Å². The van der Waals surface area contributed by atoms with Crippen LogP contribution in [0, 0.1) is 6.92 Å². The Labute approximate surface area is 160 Å². The quantitative estimate of drug-likeness (QED) is 0.584. The minimum absolute atomic E-state index is 0.246. The van der Waals surface area contributed by atoms with Gasteiger partial charge < -0.3 is 9.47 Å². The second-order valence-electron chi connectivity index (χ2n) is 5.83. The lowest BCUT2D eigenvalue weighted by Crippen LogP contribution is -2.25. The molecule has 1 N–H and O–H groups in total. The Balaban J connectivity index is 1.50. The average Bonchev–Trinajstić information content (AvgIpc) is 3.12. The number of nitrogens with one attached hydrogen (secondary N) is 1. The number of aryl methyl sites for hydroxylation is 1. The van der Waals surface area contributed by atoms with Gasteiger partial charge in [-0.1, -0.05) is 0 Å². The molecule has 0 aliphatic heterocycles. The van der Waals surface area contributed by atoms with Gasteiger partial charge in [-0.2, -0.15) is 0 Å². The van der Waals surface area contributed by atoms with E-state index in [4.69, 9.17) is 9.47 Å². The number of methoxy groups -OCH3 is 1. The van der Waals surface area contributed by atoms with E-state index in [0.717, 1.165) is 16.7 Å². The van der Waals surface area contributed by atoms with Gasteiger partial charge in [0.2, 0.25) is 0 Å². The van der Waals surface area contributed by atoms with Gasteiger partial charge in [-0.05, 0) is 37.3 Å². The lowest BCUT2D eigenvalue weighted by atomic mass is 10.2. The third-order valence-electron chi connectivity index (χ3n) is 4.01. The van der Waals surface area contributed by atoms with Crippen LogP contribution in [0.25, 0.3) is 22.6 Å². The van der Waals surface area contributed by atoms with E-state index in [-0.39, 0.29) is 5.75 Å². The van der Waals surface area contributed by atoms with Crippen molar-refractivity contribution in [2.45, 2.75) is 6.92 Å². The highest BCUT2D eigenvalue weighted by atomic mass is 16.6. The van der Waals surface area contributed by atoms with E-state index in [2.05, 4.69) is 25.4 Å². The molecule has 3 aromatic heterocycles. The maximum Gasteiger partial charge on any atom is 0.432 e. The van der Waals surface area contributed by atoms with E-state index < -0.39 is 6.09 Å². The van der Waals surface area contributed by atoms with E-state index in [9.17, 15) is 4.79 Å². The van der Waals surface area contributed by atoms with Gasteiger partial charge in [-0.15, -0.1) is 0 Å². The molecule has 0 aliphatic carbocycles. The van der Waals surface area contributed by atoms with E-state index in [1.165, 1.54) is 6.20 Å². The molecule has 9 nitrogen and oxygen atoms in total. The topological polar surface area (TPSA) is 104 Å². The number of amides is 1. The van der Waals surface area contributed by atoms with Crippen LogP contribution in [0.5, 0.6) is 11.5 Å². The smallest absolute Gasteiger partial charge is 0.432 e. The van der Waals surface area contributed by atoms with Crippen molar-refractivity contribution in [2.75, 3.05) is 12.5 Å². The molecule has 0 atom stereocenters. The summed E-state index contributed by atoms with van der Waals surface area (Å²) in [6, 6.07) is 9.10. The summed E-state index contributed by atoms with van der Waals surface area (Å²) in [4.78, 5) is 29.0. The fourth-order valence-electron chi connectivity index (χ4n) is 2.64. The lowest BCUT2D eigenvalue weighted by Gasteiger charge is -2.10. The van der Waals surface area contributed by atoms with Crippen LogP contribution in [0.2, 0.25) is 0 Å². The molecule has 28 heavy (non-hydrogen) atoms. The molecular formula is C19H16N6O3. The van der Waals surface area contributed by atoms with Crippen molar-refractivity contribution in [3.05, 3.63) is 60.8 Å². The number of fused-ring (bicyclic) bond motifs is 1. The summed E-state index contributed by atoms with van der Waals surface area (Å²) in [6.07, 6.45) is 5.70. The lowest BCUT2D eigenvalue weighted by molar-refractivity contribution is 0.211. The summed E-state index contributed by atoms with van der Waals surface area (Å²) >= 11 is 0. The number of hydrogen-bond acceptors (Lipinski definition) is 7. The zero-order valence-electron chi connectivity index (χ0n) is 15.2. The maximum absolute atomic E-state index is 12.3. The van der Waals surface area contributed by atoms with Crippen LogP contribution in [0.1, 0.15) is 5.69 Å². The summed E-state index contributed by atoms with van der Waals surface area (Å²) in [5, 5.41) is 0.923. The number of carbonyl (C=O) groups excluding carboxylic acids is 1. The van der Waals surface area contributed by atoms with Crippen molar-refractivity contribution >= 4 is 17.0 Å². The van der Waals surface area contributed by atoms with Gasteiger partial charge in [-0.25, -0.2) is 30.2 Å². The highest BCUT2D eigenvalue weighted by molar-refractivity contribution is 5.86. The number of benzene rings is 1. The first-order chi connectivity index (χ1) is 13.6. The highest BCUT2D eigenvalue weighted by Gasteiger charge is 2.13. The molecule has 0 bridgehead atoms. The summed E-state index contributed by atoms with van der Waals surface area (Å²) in [7, 11) is 1.60. The Morgan fingerprint density at radius 2 is 1.93 bits per heavy atom. The Kier molecular flexibility index (Phi) is 4.55. The molecule has 9 heteroatoms. The van der Waals surface area contributed by atoms with E-state index in [1.54, 1.807) is 43.4 Å². The molecule has 0 saturated heterocycles. The molecule has 1 aromatic carbocycles. The molecular weight excluding hydrogens is 360 g/mol. The number of aromatic nitrogens is 5. The molecule has 0 saturated carbocycles. The molecule has 0 spiro atoms. The predicted octanol–water partition coefficient (Wildman–Crippen LogP) is 2.95. The standard InChI is InChI=1S/C19H16N6O3/c1-12-16(11-22-18(23-12)17-20-7-3-8-21-17)28-19(26)24-25-9-6-13-10-14(27-2)4-5-15(13)25/h3-11H,1-2H3,(H,24,26). The van der Waals surface area contributed by atoms with Gasteiger partial charge in [-0.3, -0.25) is 4.68 Å². The Bertz CT molecular complexity index is 1140. The van der Waals surface area contributed by atoms with Gasteiger partial charge >= 0.3 is 6.09 Å².